The van der Waals surface area contributed by atoms with E-state index >= 15 is 0 Å². The number of hydrogen-bond acceptors (Lipinski definition) is 4. The minimum atomic E-state index is 0.137. The van der Waals surface area contributed by atoms with Crippen LogP contribution in [0.3, 0.4) is 0 Å². The zero-order valence-corrected chi connectivity index (χ0v) is 13.3. The van der Waals surface area contributed by atoms with Crippen LogP contribution in [0.5, 0.6) is 11.5 Å². The van der Waals surface area contributed by atoms with Crippen LogP contribution in [0.1, 0.15) is 25.7 Å². The Kier molecular flexibility index (Phi) is 3.97. The molecule has 0 spiro atoms. The normalized spacial score (nSPS) is 33.2. The van der Waals surface area contributed by atoms with Crippen LogP contribution in [0.25, 0.3) is 0 Å². The Morgan fingerprint density at radius 2 is 1.82 bits per heavy atom. The van der Waals surface area contributed by atoms with Gasteiger partial charge in [0.05, 0.1) is 0 Å². The fourth-order valence-electron chi connectivity index (χ4n) is 4.34. The molecule has 120 valence electrons. The summed E-state index contributed by atoms with van der Waals surface area (Å²) in [5, 5.41) is 3.72. The molecule has 1 aromatic carbocycles. The van der Waals surface area contributed by atoms with Crippen LogP contribution in [0.15, 0.2) is 24.3 Å². The third-order valence-corrected chi connectivity index (χ3v) is 5.22. The molecule has 0 radical (unpaired) electrons. The number of rotatable bonds is 4. The maximum absolute atomic E-state index is 6.07. The SMILES string of the molecule is CN(CC1CC2CCC(C1)N2)CC1COc2ccccc2O1. The number of nitrogens with one attached hydrogen (secondary N) is 1. The van der Waals surface area contributed by atoms with E-state index in [4.69, 9.17) is 9.47 Å². The van der Waals surface area contributed by atoms with Crippen LogP contribution < -0.4 is 14.8 Å². The van der Waals surface area contributed by atoms with E-state index in [1.807, 2.05) is 24.3 Å². The lowest BCUT2D eigenvalue weighted by atomic mass is 9.92. The van der Waals surface area contributed by atoms with Crippen LogP contribution in [-0.2, 0) is 0 Å². The van der Waals surface area contributed by atoms with Crippen molar-refractivity contribution in [3.63, 3.8) is 0 Å². The Labute approximate surface area is 132 Å². The zero-order chi connectivity index (χ0) is 14.9. The Bertz CT molecular complexity index is 510. The number of ether oxygens (including phenoxy) is 2. The summed E-state index contributed by atoms with van der Waals surface area (Å²) in [6.45, 7) is 2.77. The molecule has 4 heteroatoms. The van der Waals surface area contributed by atoms with Crippen LogP contribution >= 0.6 is 0 Å². The number of para-hydroxylation sites is 2. The minimum Gasteiger partial charge on any atom is -0.486 e. The van der Waals surface area contributed by atoms with Gasteiger partial charge in [-0.05, 0) is 50.8 Å². The number of likely N-dealkylation sites (N-methyl/N-ethyl adjacent to an activating group) is 1. The van der Waals surface area contributed by atoms with Gasteiger partial charge in [-0.25, -0.2) is 0 Å². The molecular weight excluding hydrogens is 276 g/mol. The third kappa shape index (κ3) is 3.08. The molecular formula is C18H26N2O2. The van der Waals surface area contributed by atoms with Crippen molar-refractivity contribution in [2.24, 2.45) is 5.92 Å². The molecule has 3 unspecified atom stereocenters. The summed E-state index contributed by atoms with van der Waals surface area (Å²) in [6, 6.07) is 9.50. The molecule has 3 atom stereocenters. The third-order valence-electron chi connectivity index (χ3n) is 5.22. The highest BCUT2D eigenvalue weighted by Crippen LogP contribution is 2.32. The molecule has 1 aromatic rings. The van der Waals surface area contributed by atoms with Crippen molar-refractivity contribution in [1.29, 1.82) is 0 Å². The standard InChI is InChI=1S/C18H26N2O2/c1-20(10-13-8-14-6-7-15(9-13)19-14)11-16-12-21-17-4-2-3-5-18(17)22-16/h2-5,13-16,19H,6-12H2,1H3. The first-order valence-electron chi connectivity index (χ1n) is 8.59. The highest BCUT2D eigenvalue weighted by molar-refractivity contribution is 5.40. The minimum absolute atomic E-state index is 0.137. The van der Waals surface area contributed by atoms with Crippen LogP contribution in [0, 0.1) is 5.92 Å². The van der Waals surface area contributed by atoms with Gasteiger partial charge in [0.25, 0.3) is 0 Å². The number of fused-ring (bicyclic) bond motifs is 3. The molecule has 0 aliphatic carbocycles. The van der Waals surface area contributed by atoms with E-state index in [0.717, 1.165) is 36.0 Å². The van der Waals surface area contributed by atoms with Crippen LogP contribution in [0.4, 0.5) is 0 Å². The van der Waals surface area contributed by atoms with E-state index in [-0.39, 0.29) is 6.10 Å². The smallest absolute Gasteiger partial charge is 0.161 e. The Balaban J connectivity index is 1.29. The quantitative estimate of drug-likeness (QED) is 0.925. The van der Waals surface area contributed by atoms with Crippen molar-refractivity contribution >= 4 is 0 Å². The molecule has 0 saturated carbocycles. The Morgan fingerprint density at radius 3 is 2.59 bits per heavy atom. The van der Waals surface area contributed by atoms with E-state index < -0.39 is 0 Å². The largest absolute Gasteiger partial charge is 0.486 e. The van der Waals surface area contributed by atoms with Crippen molar-refractivity contribution in [2.45, 2.75) is 43.9 Å². The molecule has 0 aromatic heterocycles. The van der Waals surface area contributed by atoms with Crippen LogP contribution in [-0.4, -0.2) is 49.8 Å². The first kappa shape index (κ1) is 14.3. The monoisotopic (exact) mass is 302 g/mol. The lowest BCUT2D eigenvalue weighted by Gasteiger charge is -2.34. The molecule has 4 rings (SSSR count). The average molecular weight is 302 g/mol. The van der Waals surface area contributed by atoms with Gasteiger partial charge in [0.2, 0.25) is 0 Å². The molecule has 2 bridgehead atoms. The summed E-state index contributed by atoms with van der Waals surface area (Å²) in [5.74, 6) is 2.59. The van der Waals surface area contributed by atoms with Crippen molar-refractivity contribution < 1.29 is 9.47 Å². The van der Waals surface area contributed by atoms with E-state index in [9.17, 15) is 0 Å². The van der Waals surface area contributed by atoms with Crippen molar-refractivity contribution in [3.05, 3.63) is 24.3 Å². The van der Waals surface area contributed by atoms with Gasteiger partial charge in [-0.1, -0.05) is 12.1 Å². The number of nitrogens with zero attached hydrogens (tertiary/aromatic N) is 1. The summed E-state index contributed by atoms with van der Waals surface area (Å²) in [4.78, 5) is 2.43. The predicted molar refractivity (Wildman–Crippen MR) is 86.5 cm³/mol. The van der Waals surface area contributed by atoms with Gasteiger partial charge >= 0.3 is 0 Å². The van der Waals surface area contributed by atoms with Gasteiger partial charge in [-0.3, -0.25) is 0 Å². The molecule has 3 aliphatic rings. The predicted octanol–water partition coefficient (Wildman–Crippen LogP) is 2.29. The molecule has 3 heterocycles. The highest BCUT2D eigenvalue weighted by Gasteiger charge is 2.34. The maximum Gasteiger partial charge on any atom is 0.161 e. The van der Waals surface area contributed by atoms with E-state index in [2.05, 4.69) is 17.3 Å². The van der Waals surface area contributed by atoms with Gasteiger partial charge in [-0.15, -0.1) is 0 Å². The van der Waals surface area contributed by atoms with Crippen molar-refractivity contribution in [2.75, 3.05) is 26.7 Å². The Morgan fingerprint density at radius 1 is 1.09 bits per heavy atom. The number of benzene rings is 1. The fraction of sp³-hybridized carbons (Fsp3) is 0.667. The lowest BCUT2D eigenvalue weighted by Crippen LogP contribution is -2.44. The lowest BCUT2D eigenvalue weighted by molar-refractivity contribution is 0.0592. The molecule has 22 heavy (non-hydrogen) atoms. The summed E-state index contributed by atoms with van der Waals surface area (Å²) in [5.41, 5.74) is 0. The summed E-state index contributed by atoms with van der Waals surface area (Å²) in [6.07, 6.45) is 5.57. The average Bonchev–Trinajstić information content (AvgIpc) is 2.86. The summed E-state index contributed by atoms with van der Waals surface area (Å²) in [7, 11) is 2.22. The summed E-state index contributed by atoms with van der Waals surface area (Å²) >= 11 is 0. The first-order chi connectivity index (χ1) is 10.8. The van der Waals surface area contributed by atoms with Gasteiger partial charge in [-0.2, -0.15) is 0 Å². The van der Waals surface area contributed by atoms with Gasteiger partial charge < -0.3 is 19.7 Å². The second-order valence-corrected chi connectivity index (χ2v) is 7.19. The molecule has 2 saturated heterocycles. The highest BCUT2D eigenvalue weighted by atomic mass is 16.6. The number of hydrogen-bond donors (Lipinski definition) is 1. The van der Waals surface area contributed by atoms with Crippen molar-refractivity contribution in [3.8, 4) is 11.5 Å². The van der Waals surface area contributed by atoms with Crippen molar-refractivity contribution in [1.82, 2.24) is 10.2 Å². The number of piperidine rings is 1. The maximum atomic E-state index is 6.07. The van der Waals surface area contributed by atoms with Crippen LogP contribution in [0.2, 0.25) is 0 Å². The first-order valence-corrected chi connectivity index (χ1v) is 8.59. The second-order valence-electron chi connectivity index (χ2n) is 7.19. The second kappa shape index (κ2) is 6.09. The molecule has 1 N–H and O–H groups in total. The van der Waals surface area contributed by atoms with E-state index in [0.29, 0.717) is 6.61 Å². The Hall–Kier alpha value is -1.26. The summed E-state index contributed by atoms with van der Waals surface area (Å²) < 4.78 is 11.9. The van der Waals surface area contributed by atoms with Gasteiger partial charge in [0.1, 0.15) is 12.7 Å². The molecule has 4 nitrogen and oxygen atoms in total. The van der Waals surface area contributed by atoms with Gasteiger partial charge in [0, 0.05) is 25.2 Å². The topological polar surface area (TPSA) is 33.7 Å². The molecule has 2 fully saturated rings. The zero-order valence-electron chi connectivity index (χ0n) is 13.3. The molecule has 0 amide bonds. The van der Waals surface area contributed by atoms with E-state index in [1.54, 1.807) is 0 Å². The molecule has 3 aliphatic heterocycles. The van der Waals surface area contributed by atoms with Gasteiger partial charge in [0.15, 0.2) is 11.5 Å². The fourth-order valence-corrected chi connectivity index (χ4v) is 4.34. The van der Waals surface area contributed by atoms with E-state index in [1.165, 1.54) is 32.2 Å².